The first-order valence-corrected chi connectivity index (χ1v) is 8.94. The van der Waals surface area contributed by atoms with Crippen molar-refractivity contribution >= 4 is 6.08 Å². The van der Waals surface area contributed by atoms with Gasteiger partial charge >= 0.3 is 0 Å². The van der Waals surface area contributed by atoms with E-state index in [0.29, 0.717) is 5.92 Å². The zero-order valence-corrected chi connectivity index (χ0v) is 13.8. The fourth-order valence-corrected chi connectivity index (χ4v) is 3.85. The summed E-state index contributed by atoms with van der Waals surface area (Å²) in [5.74, 6) is 7.56. The van der Waals surface area contributed by atoms with Crippen molar-refractivity contribution in [3.8, 4) is 0 Å². The quantitative estimate of drug-likeness (QED) is 0.777. The molecule has 1 heterocycles. The van der Waals surface area contributed by atoms with Gasteiger partial charge in [-0.05, 0) is 54.7 Å². The van der Waals surface area contributed by atoms with Crippen molar-refractivity contribution in [2.75, 3.05) is 5.84 Å². The molecule has 1 aromatic rings. The number of nitrogen functional groups attached to an aromatic ring is 1. The third-order valence-corrected chi connectivity index (χ3v) is 5.34. The van der Waals surface area contributed by atoms with Gasteiger partial charge in [-0.15, -0.1) is 0 Å². The molecule has 120 valence electrons. The van der Waals surface area contributed by atoms with Gasteiger partial charge in [0.1, 0.15) is 0 Å². The molecule has 0 aromatic carbocycles. The highest BCUT2D eigenvalue weighted by Crippen LogP contribution is 2.32. The molecule has 1 aromatic heterocycles. The topological polar surface area (TPSA) is 43.8 Å². The van der Waals surface area contributed by atoms with Crippen molar-refractivity contribution < 1.29 is 0 Å². The summed E-state index contributed by atoms with van der Waals surface area (Å²) >= 11 is 0. The fraction of sp³-hybridized carbons (Fsp3) is 0.632. The van der Waals surface area contributed by atoms with Gasteiger partial charge in [-0.1, -0.05) is 51.2 Å². The molecule has 22 heavy (non-hydrogen) atoms. The first kappa shape index (κ1) is 15.4. The maximum absolute atomic E-state index is 6.01. The van der Waals surface area contributed by atoms with Gasteiger partial charge in [-0.2, -0.15) is 9.89 Å². The molecule has 3 heteroatoms. The van der Waals surface area contributed by atoms with Gasteiger partial charge < -0.3 is 5.84 Å². The molecule has 0 amide bonds. The summed E-state index contributed by atoms with van der Waals surface area (Å²) in [6, 6.07) is 0. The van der Waals surface area contributed by atoms with Gasteiger partial charge in [0.25, 0.3) is 0 Å². The van der Waals surface area contributed by atoms with Crippen LogP contribution >= 0.6 is 0 Å². The average Bonchev–Trinajstić information content (AvgIpc) is 2.85. The molecule has 0 spiro atoms. The molecule has 0 aliphatic heterocycles. The predicted octanol–water partition coefficient (Wildman–Crippen LogP) is 4.48. The second-order valence-corrected chi connectivity index (χ2v) is 7.10. The minimum Gasteiger partial charge on any atom is -0.323 e. The van der Waals surface area contributed by atoms with Crippen LogP contribution in [0.15, 0.2) is 23.9 Å². The van der Waals surface area contributed by atoms with Crippen LogP contribution in [0.1, 0.15) is 69.5 Å². The molecule has 1 fully saturated rings. The van der Waals surface area contributed by atoms with E-state index in [4.69, 9.17) is 5.84 Å². The predicted molar refractivity (Wildman–Crippen MR) is 92.8 cm³/mol. The second kappa shape index (κ2) is 7.17. The normalized spacial score (nSPS) is 26.9. The number of nitrogens with zero attached hydrogens (tertiary/aromatic N) is 2. The molecule has 0 radical (unpaired) electrons. The van der Waals surface area contributed by atoms with Crippen molar-refractivity contribution in [2.45, 2.75) is 64.7 Å². The molecule has 3 nitrogen and oxygen atoms in total. The van der Waals surface area contributed by atoms with Crippen LogP contribution in [0.25, 0.3) is 6.08 Å². The summed E-state index contributed by atoms with van der Waals surface area (Å²) in [7, 11) is 0. The minimum absolute atomic E-state index is 0.678. The number of hydrogen-bond acceptors (Lipinski definition) is 2. The Bertz CT molecular complexity index is 553. The van der Waals surface area contributed by atoms with E-state index in [2.05, 4.69) is 30.3 Å². The van der Waals surface area contributed by atoms with E-state index in [1.165, 1.54) is 56.1 Å². The summed E-state index contributed by atoms with van der Waals surface area (Å²) in [5.41, 5.74) is 3.84. The fourth-order valence-electron chi connectivity index (χ4n) is 3.85. The zero-order valence-electron chi connectivity index (χ0n) is 13.8. The Balaban J connectivity index is 1.86. The van der Waals surface area contributed by atoms with Gasteiger partial charge in [-0.25, -0.2) is 0 Å². The van der Waals surface area contributed by atoms with Crippen LogP contribution in [-0.4, -0.2) is 9.89 Å². The Morgan fingerprint density at radius 1 is 1.14 bits per heavy atom. The Labute approximate surface area is 134 Å². The third kappa shape index (κ3) is 3.63. The summed E-state index contributed by atoms with van der Waals surface area (Å²) in [5, 5.41) is 4.24. The first-order chi connectivity index (χ1) is 10.7. The van der Waals surface area contributed by atoms with Gasteiger partial charge in [0.15, 0.2) is 0 Å². The summed E-state index contributed by atoms with van der Waals surface area (Å²) in [6.45, 7) is 2.41. The standard InChI is InChI=1S/C19H29N3/c1-15-7-3-2-4-8-16(12-11-15)17-9-5-6-10-18-14-21-22(20)19(18)13-17/h5,9,13-16H,2-4,6-8,10-12,20H2,1H3. The van der Waals surface area contributed by atoms with Crippen LogP contribution in [0.4, 0.5) is 0 Å². The van der Waals surface area contributed by atoms with Crippen molar-refractivity contribution in [2.24, 2.45) is 11.8 Å². The molecule has 3 rings (SSSR count). The second-order valence-electron chi connectivity index (χ2n) is 7.10. The maximum atomic E-state index is 6.01. The van der Waals surface area contributed by atoms with Crippen LogP contribution in [0, 0.1) is 11.8 Å². The summed E-state index contributed by atoms with van der Waals surface area (Å²) in [4.78, 5) is 1.55. The molecule has 0 bridgehead atoms. The SMILES string of the molecule is CC1CCCCCC(C2=Cc3c(cnn3N)CCC=C2)CC1. The smallest absolute Gasteiger partial charge is 0.0878 e. The molecule has 2 aliphatic carbocycles. The Kier molecular flexibility index (Phi) is 5.01. The largest absolute Gasteiger partial charge is 0.323 e. The molecule has 2 aliphatic rings. The zero-order chi connectivity index (χ0) is 15.4. The highest BCUT2D eigenvalue weighted by molar-refractivity contribution is 5.57. The molecule has 1 saturated carbocycles. The number of fused-ring (bicyclic) bond motifs is 1. The van der Waals surface area contributed by atoms with E-state index in [1.807, 2.05) is 6.20 Å². The van der Waals surface area contributed by atoms with E-state index in [1.54, 1.807) is 4.79 Å². The Hall–Kier alpha value is -1.51. The van der Waals surface area contributed by atoms with E-state index in [9.17, 15) is 0 Å². The van der Waals surface area contributed by atoms with E-state index < -0.39 is 0 Å². The molecule has 0 saturated heterocycles. The Morgan fingerprint density at radius 2 is 2.00 bits per heavy atom. The van der Waals surface area contributed by atoms with Gasteiger partial charge in [0, 0.05) is 0 Å². The third-order valence-electron chi connectivity index (χ3n) is 5.34. The maximum Gasteiger partial charge on any atom is 0.0878 e. The highest BCUT2D eigenvalue weighted by atomic mass is 15.5. The lowest BCUT2D eigenvalue weighted by Crippen LogP contribution is -2.13. The molecule has 2 atom stereocenters. The minimum atomic E-state index is 0.678. The number of aryl methyl sites for hydroxylation is 1. The van der Waals surface area contributed by atoms with Gasteiger partial charge in [0.2, 0.25) is 0 Å². The van der Waals surface area contributed by atoms with Crippen LogP contribution < -0.4 is 5.84 Å². The van der Waals surface area contributed by atoms with E-state index >= 15 is 0 Å². The summed E-state index contributed by atoms with van der Waals surface area (Å²) < 4.78 is 0. The lowest BCUT2D eigenvalue weighted by atomic mass is 9.85. The number of nitrogens with two attached hydrogens (primary N) is 1. The van der Waals surface area contributed by atoms with Crippen molar-refractivity contribution in [1.29, 1.82) is 0 Å². The summed E-state index contributed by atoms with van der Waals surface area (Å²) in [6.07, 6.45) is 20.6. The monoisotopic (exact) mass is 299 g/mol. The lowest BCUT2D eigenvalue weighted by Gasteiger charge is -2.20. The van der Waals surface area contributed by atoms with Crippen molar-refractivity contribution in [3.05, 3.63) is 35.2 Å². The van der Waals surface area contributed by atoms with Crippen molar-refractivity contribution in [1.82, 2.24) is 9.89 Å². The van der Waals surface area contributed by atoms with Crippen LogP contribution in [-0.2, 0) is 6.42 Å². The molecular formula is C19H29N3. The van der Waals surface area contributed by atoms with E-state index in [0.717, 1.165) is 24.5 Å². The molecular weight excluding hydrogens is 270 g/mol. The Morgan fingerprint density at radius 3 is 2.91 bits per heavy atom. The van der Waals surface area contributed by atoms with Crippen LogP contribution in [0.2, 0.25) is 0 Å². The number of aromatic nitrogens is 2. The van der Waals surface area contributed by atoms with Crippen LogP contribution in [0.3, 0.4) is 0 Å². The number of allylic oxidation sites excluding steroid dienone is 3. The number of hydrogen-bond donors (Lipinski definition) is 1. The molecule has 2 N–H and O–H groups in total. The first-order valence-electron chi connectivity index (χ1n) is 8.94. The highest BCUT2D eigenvalue weighted by Gasteiger charge is 2.18. The van der Waals surface area contributed by atoms with Gasteiger partial charge in [0.05, 0.1) is 11.9 Å². The lowest BCUT2D eigenvalue weighted by molar-refractivity contribution is 0.432. The average molecular weight is 299 g/mol. The van der Waals surface area contributed by atoms with Crippen LogP contribution in [0.5, 0.6) is 0 Å². The molecule has 2 unspecified atom stereocenters. The van der Waals surface area contributed by atoms with Crippen molar-refractivity contribution in [3.63, 3.8) is 0 Å². The number of rotatable bonds is 1. The van der Waals surface area contributed by atoms with Gasteiger partial charge in [-0.3, -0.25) is 0 Å². The van der Waals surface area contributed by atoms with E-state index in [-0.39, 0.29) is 0 Å².